The molecule has 0 aliphatic rings. The zero-order valence-electron chi connectivity index (χ0n) is 6.97. The molecule has 1 aromatic rings. The Hall–Kier alpha value is -1.84. The van der Waals surface area contributed by atoms with E-state index in [-0.39, 0.29) is 6.54 Å². The Labute approximate surface area is 75.7 Å². The minimum absolute atomic E-state index is 0.204. The number of carboxylic acid groups (broad SMARTS) is 1. The van der Waals surface area contributed by atoms with Crippen LogP contribution in [0.15, 0.2) is 29.3 Å². The highest BCUT2D eigenvalue weighted by atomic mass is 16.4. The zero-order chi connectivity index (χ0) is 9.68. The zero-order valence-corrected chi connectivity index (χ0v) is 6.97. The monoisotopic (exact) mass is 178 g/mol. The summed E-state index contributed by atoms with van der Waals surface area (Å²) in [6, 6.07) is 7.03. The minimum atomic E-state index is -0.938. The van der Waals surface area contributed by atoms with Gasteiger partial charge in [0.15, 0.2) is 0 Å². The molecule has 3 N–H and O–H groups in total. The maximum absolute atomic E-state index is 10.1. The van der Waals surface area contributed by atoms with Crippen LogP contribution in [-0.2, 0) is 4.79 Å². The Balaban J connectivity index is 2.59. The quantitative estimate of drug-likeness (QED) is 0.530. The third-order valence-corrected chi connectivity index (χ3v) is 1.40. The fourth-order valence-electron chi connectivity index (χ4n) is 0.811. The molecule has 1 aromatic carbocycles. The lowest BCUT2D eigenvalue weighted by atomic mass is 10.2. The molecule has 0 heterocycles. The molecular weight excluding hydrogens is 168 g/mol. The minimum Gasteiger partial charge on any atom is -0.480 e. The Kier molecular flexibility index (Phi) is 3.03. The number of hydrogen-bond donors (Lipinski definition) is 2. The van der Waals surface area contributed by atoms with Gasteiger partial charge in [0.05, 0.1) is 0 Å². The van der Waals surface area contributed by atoms with Crippen molar-refractivity contribution in [3.05, 3.63) is 29.8 Å². The van der Waals surface area contributed by atoms with E-state index < -0.39 is 5.97 Å². The van der Waals surface area contributed by atoms with E-state index >= 15 is 0 Å². The van der Waals surface area contributed by atoms with Crippen LogP contribution >= 0.6 is 0 Å². The number of carboxylic acids is 1. The van der Waals surface area contributed by atoms with Crippen LogP contribution < -0.4 is 5.73 Å². The Morgan fingerprint density at radius 3 is 2.62 bits per heavy atom. The number of anilines is 1. The van der Waals surface area contributed by atoms with Crippen molar-refractivity contribution in [2.24, 2.45) is 4.99 Å². The van der Waals surface area contributed by atoms with Crippen LogP contribution in [0.1, 0.15) is 5.56 Å². The molecule has 0 bridgehead atoms. The predicted molar refractivity (Wildman–Crippen MR) is 51.0 cm³/mol. The molecule has 13 heavy (non-hydrogen) atoms. The van der Waals surface area contributed by atoms with Gasteiger partial charge in [0.1, 0.15) is 6.54 Å². The van der Waals surface area contributed by atoms with E-state index in [0.717, 1.165) is 5.56 Å². The second-order valence-electron chi connectivity index (χ2n) is 2.53. The number of nitrogens with zero attached hydrogens (tertiary/aromatic N) is 1. The molecule has 68 valence electrons. The maximum atomic E-state index is 10.1. The van der Waals surface area contributed by atoms with Gasteiger partial charge in [-0.05, 0) is 17.7 Å². The first kappa shape index (κ1) is 9.25. The molecule has 0 unspecified atom stereocenters. The number of rotatable bonds is 3. The summed E-state index contributed by atoms with van der Waals surface area (Å²) >= 11 is 0. The van der Waals surface area contributed by atoms with Crippen LogP contribution in [0.4, 0.5) is 5.69 Å². The van der Waals surface area contributed by atoms with Crippen LogP contribution in [0.5, 0.6) is 0 Å². The molecule has 0 atom stereocenters. The second-order valence-corrected chi connectivity index (χ2v) is 2.53. The van der Waals surface area contributed by atoms with E-state index in [2.05, 4.69) is 4.99 Å². The number of benzene rings is 1. The molecule has 0 aromatic heterocycles. The van der Waals surface area contributed by atoms with Crippen molar-refractivity contribution < 1.29 is 9.90 Å². The van der Waals surface area contributed by atoms with Crippen LogP contribution in [0, 0.1) is 0 Å². The lowest BCUT2D eigenvalue weighted by Gasteiger charge is -1.93. The van der Waals surface area contributed by atoms with Crippen molar-refractivity contribution in [3.63, 3.8) is 0 Å². The normalized spacial score (nSPS) is 10.5. The molecule has 0 spiro atoms. The van der Waals surface area contributed by atoms with E-state index in [1.54, 1.807) is 24.3 Å². The van der Waals surface area contributed by atoms with Crippen molar-refractivity contribution in [1.29, 1.82) is 0 Å². The smallest absolute Gasteiger partial charge is 0.325 e. The van der Waals surface area contributed by atoms with Gasteiger partial charge < -0.3 is 10.8 Å². The van der Waals surface area contributed by atoms with Gasteiger partial charge in [-0.2, -0.15) is 0 Å². The van der Waals surface area contributed by atoms with Gasteiger partial charge in [-0.15, -0.1) is 0 Å². The average molecular weight is 178 g/mol. The molecule has 1 rings (SSSR count). The van der Waals surface area contributed by atoms with Gasteiger partial charge in [-0.3, -0.25) is 9.79 Å². The van der Waals surface area contributed by atoms with E-state index in [9.17, 15) is 4.79 Å². The first-order valence-electron chi connectivity index (χ1n) is 3.75. The second kappa shape index (κ2) is 4.25. The van der Waals surface area contributed by atoms with E-state index in [0.29, 0.717) is 5.69 Å². The first-order valence-corrected chi connectivity index (χ1v) is 3.75. The number of hydrogen-bond acceptors (Lipinski definition) is 3. The molecule has 0 aliphatic carbocycles. The molecule has 0 saturated carbocycles. The van der Waals surface area contributed by atoms with Crippen LogP contribution in [0.25, 0.3) is 0 Å². The lowest BCUT2D eigenvalue weighted by Crippen LogP contribution is -1.99. The molecule has 0 saturated heterocycles. The van der Waals surface area contributed by atoms with Gasteiger partial charge in [0, 0.05) is 11.9 Å². The summed E-state index contributed by atoms with van der Waals surface area (Å²) in [4.78, 5) is 13.8. The molecule has 4 heteroatoms. The number of aliphatic imine (C=N–C) groups is 1. The van der Waals surface area contributed by atoms with Gasteiger partial charge in [-0.25, -0.2) is 0 Å². The van der Waals surface area contributed by atoms with Gasteiger partial charge in [0.2, 0.25) is 0 Å². The molecule has 0 amide bonds. The highest BCUT2D eigenvalue weighted by molar-refractivity contribution is 5.82. The summed E-state index contributed by atoms with van der Waals surface area (Å²) in [6.45, 7) is -0.204. The summed E-state index contributed by atoms with van der Waals surface area (Å²) in [7, 11) is 0. The molecular formula is C9H10N2O2. The number of aliphatic carboxylic acids is 1. The van der Waals surface area contributed by atoms with E-state index in [1.165, 1.54) is 6.21 Å². The van der Waals surface area contributed by atoms with Crippen molar-refractivity contribution in [2.75, 3.05) is 12.3 Å². The Morgan fingerprint density at radius 1 is 1.46 bits per heavy atom. The molecule has 0 radical (unpaired) electrons. The number of nitrogen functional groups attached to an aromatic ring is 1. The highest BCUT2D eigenvalue weighted by Crippen LogP contribution is 2.02. The third kappa shape index (κ3) is 3.37. The largest absolute Gasteiger partial charge is 0.480 e. The fourth-order valence-corrected chi connectivity index (χ4v) is 0.811. The lowest BCUT2D eigenvalue weighted by molar-refractivity contribution is -0.135. The Bertz CT molecular complexity index is 317. The maximum Gasteiger partial charge on any atom is 0.325 e. The predicted octanol–water partition coefficient (Wildman–Crippen LogP) is 0.772. The fraction of sp³-hybridized carbons (Fsp3) is 0.111. The summed E-state index contributed by atoms with van der Waals surface area (Å²) < 4.78 is 0. The van der Waals surface area contributed by atoms with Crippen molar-refractivity contribution >= 4 is 17.9 Å². The molecule has 0 fully saturated rings. The summed E-state index contributed by atoms with van der Waals surface area (Å²) in [5.41, 5.74) is 6.98. The number of nitrogens with two attached hydrogens (primary N) is 1. The third-order valence-electron chi connectivity index (χ3n) is 1.40. The number of carbonyl (C=O) groups is 1. The SMILES string of the molecule is Nc1ccc(C=NCC(=O)O)cc1. The molecule has 0 aliphatic heterocycles. The van der Waals surface area contributed by atoms with Crippen molar-refractivity contribution in [3.8, 4) is 0 Å². The van der Waals surface area contributed by atoms with Gasteiger partial charge >= 0.3 is 5.97 Å². The summed E-state index contributed by atoms with van der Waals surface area (Å²) in [5.74, 6) is -0.938. The topological polar surface area (TPSA) is 75.7 Å². The van der Waals surface area contributed by atoms with E-state index in [4.69, 9.17) is 10.8 Å². The Morgan fingerprint density at radius 2 is 2.08 bits per heavy atom. The van der Waals surface area contributed by atoms with Gasteiger partial charge in [-0.1, -0.05) is 12.1 Å². The van der Waals surface area contributed by atoms with Crippen LogP contribution in [0.3, 0.4) is 0 Å². The average Bonchev–Trinajstić information content (AvgIpc) is 2.08. The van der Waals surface area contributed by atoms with Crippen molar-refractivity contribution in [1.82, 2.24) is 0 Å². The first-order chi connectivity index (χ1) is 6.18. The highest BCUT2D eigenvalue weighted by Gasteiger charge is 1.91. The van der Waals surface area contributed by atoms with E-state index in [1.807, 2.05) is 0 Å². The summed E-state index contributed by atoms with van der Waals surface area (Å²) in [5, 5.41) is 8.30. The van der Waals surface area contributed by atoms with Crippen LogP contribution in [-0.4, -0.2) is 23.8 Å². The summed E-state index contributed by atoms with van der Waals surface area (Å²) in [6.07, 6.45) is 1.51. The van der Waals surface area contributed by atoms with Crippen LogP contribution in [0.2, 0.25) is 0 Å². The van der Waals surface area contributed by atoms with Gasteiger partial charge in [0.25, 0.3) is 0 Å². The molecule has 4 nitrogen and oxygen atoms in total. The van der Waals surface area contributed by atoms with Crippen molar-refractivity contribution in [2.45, 2.75) is 0 Å². The standard InChI is InChI=1S/C9H10N2O2/c10-8-3-1-7(2-4-8)5-11-6-9(12)13/h1-5H,6,10H2,(H,12,13).